The van der Waals surface area contributed by atoms with Crippen molar-refractivity contribution in [2.24, 2.45) is 0 Å². The maximum atomic E-state index is 12.5. The van der Waals surface area contributed by atoms with Crippen LogP contribution in [-0.2, 0) is 27.9 Å². The molecule has 0 aliphatic rings. The first kappa shape index (κ1) is 53.5. The zero-order valence-electron chi connectivity index (χ0n) is 35.9. The SMILES string of the molecule is CC/C=C\C/C=C\C/C=C\C/C=C\C/C=C\C=C/C(O)CCC(=O)OC[C@H](COP(=O)(O)OCC[N+](C)(C)C)O/C=C/CCCCCCCCCCCCCC. The van der Waals surface area contributed by atoms with Gasteiger partial charge in [0.2, 0.25) is 0 Å². The Morgan fingerprint density at radius 1 is 0.679 bits per heavy atom. The van der Waals surface area contributed by atoms with Gasteiger partial charge in [-0.25, -0.2) is 4.57 Å². The molecule has 0 aromatic rings. The molecule has 0 aromatic carbocycles. The van der Waals surface area contributed by atoms with E-state index in [2.05, 4.69) is 62.5 Å². The number of carbonyl (C=O) groups excluding carboxylic acids is 1. The largest absolute Gasteiger partial charge is 0.492 e. The lowest BCUT2D eigenvalue weighted by Gasteiger charge is -2.24. The van der Waals surface area contributed by atoms with Crippen molar-refractivity contribution >= 4 is 13.8 Å². The number of nitrogens with zero attached hydrogens (tertiary/aromatic N) is 1. The number of aliphatic hydroxyl groups excluding tert-OH is 1. The van der Waals surface area contributed by atoms with Crippen molar-refractivity contribution in [3.63, 3.8) is 0 Å². The van der Waals surface area contributed by atoms with E-state index < -0.39 is 26.0 Å². The minimum absolute atomic E-state index is 0.00616. The summed E-state index contributed by atoms with van der Waals surface area (Å²) in [6, 6.07) is 0. The fraction of sp³-hybridized carbons (Fsp3) is 0.674. The molecule has 0 aliphatic carbocycles. The van der Waals surface area contributed by atoms with E-state index in [4.69, 9.17) is 18.5 Å². The van der Waals surface area contributed by atoms with E-state index in [0.717, 1.165) is 51.4 Å². The van der Waals surface area contributed by atoms with Gasteiger partial charge in [-0.15, -0.1) is 0 Å². The number of rotatable bonds is 38. The van der Waals surface area contributed by atoms with E-state index in [1.807, 2.05) is 39.4 Å². The topological polar surface area (TPSA) is 112 Å². The molecule has 0 rings (SSSR count). The normalized spacial score (nSPS) is 15.1. The Bertz CT molecular complexity index is 1180. The molecular weight excluding hydrogens is 725 g/mol. The molecule has 56 heavy (non-hydrogen) atoms. The summed E-state index contributed by atoms with van der Waals surface area (Å²) in [5, 5.41) is 10.3. The Morgan fingerprint density at radius 2 is 1.21 bits per heavy atom. The van der Waals surface area contributed by atoms with E-state index in [1.54, 1.807) is 18.4 Å². The number of aliphatic hydroxyl groups is 1. The summed E-state index contributed by atoms with van der Waals surface area (Å²) in [6.45, 7) is 4.49. The lowest BCUT2D eigenvalue weighted by molar-refractivity contribution is -0.870. The second-order valence-corrected chi connectivity index (χ2v) is 16.7. The summed E-state index contributed by atoms with van der Waals surface area (Å²) < 4.78 is 34.5. The maximum Gasteiger partial charge on any atom is 0.472 e. The molecule has 0 amide bonds. The standard InChI is InChI=1S/C46H80NO8P/c1-6-8-10-12-14-16-18-20-22-23-24-26-28-30-32-34-36-44(48)37-38-46(49)53-42-45(43-55-56(50,51)54-41-39-47(3,4)5)52-40-35-33-31-29-27-25-21-19-17-15-13-11-9-7-2/h8,10,14,16,20,22,24,26,30,32,34-36,40,44-45,48H,6-7,9,11-13,15,17-19,21,23,25,27-29,31,33,37-39,41-43H2,1-5H3/p+1/b10-8-,16-14-,22-20-,26-24-,32-30-,36-34-,40-35+/t44?,45-/m1/s1. The van der Waals surface area contributed by atoms with Crippen LogP contribution >= 0.6 is 7.82 Å². The summed E-state index contributed by atoms with van der Waals surface area (Å²) in [6.07, 6.45) is 47.6. The maximum absolute atomic E-state index is 12.5. The van der Waals surface area contributed by atoms with Gasteiger partial charge in [-0.2, -0.15) is 0 Å². The number of ether oxygens (including phenoxy) is 2. The predicted octanol–water partition coefficient (Wildman–Crippen LogP) is 11.8. The Hall–Kier alpha value is -2.52. The highest BCUT2D eigenvalue weighted by atomic mass is 31.2. The van der Waals surface area contributed by atoms with Gasteiger partial charge in [0.15, 0.2) is 6.10 Å². The zero-order chi connectivity index (χ0) is 41.4. The second-order valence-electron chi connectivity index (χ2n) is 15.3. The van der Waals surface area contributed by atoms with E-state index in [9.17, 15) is 19.4 Å². The monoisotopic (exact) mass is 807 g/mol. The summed E-state index contributed by atoms with van der Waals surface area (Å²) in [4.78, 5) is 22.7. The van der Waals surface area contributed by atoms with Crippen LogP contribution < -0.4 is 0 Å². The third-order valence-electron chi connectivity index (χ3n) is 8.68. The van der Waals surface area contributed by atoms with Crippen LogP contribution in [0, 0.1) is 0 Å². The fourth-order valence-corrected chi connectivity index (χ4v) is 5.97. The molecule has 2 unspecified atom stereocenters. The van der Waals surface area contributed by atoms with E-state index in [-0.39, 0.29) is 32.7 Å². The first-order valence-corrected chi connectivity index (χ1v) is 23.0. The highest BCUT2D eigenvalue weighted by Crippen LogP contribution is 2.43. The number of hydrogen-bond donors (Lipinski definition) is 2. The van der Waals surface area contributed by atoms with E-state index in [0.29, 0.717) is 11.0 Å². The third kappa shape index (κ3) is 41.1. The van der Waals surface area contributed by atoms with Crippen LogP contribution in [0.4, 0.5) is 0 Å². The lowest BCUT2D eigenvalue weighted by atomic mass is 10.0. The van der Waals surface area contributed by atoms with Gasteiger partial charge in [0.05, 0.1) is 40.1 Å². The van der Waals surface area contributed by atoms with Gasteiger partial charge in [-0.3, -0.25) is 13.8 Å². The minimum atomic E-state index is -4.32. The van der Waals surface area contributed by atoms with Gasteiger partial charge in [0.25, 0.3) is 0 Å². The van der Waals surface area contributed by atoms with E-state index >= 15 is 0 Å². The van der Waals surface area contributed by atoms with Crippen LogP contribution in [0.1, 0.15) is 142 Å². The number of unbranched alkanes of at least 4 members (excludes halogenated alkanes) is 12. The molecule has 0 spiro atoms. The number of phosphoric ester groups is 1. The van der Waals surface area contributed by atoms with Crippen molar-refractivity contribution in [3.8, 4) is 0 Å². The number of esters is 1. The van der Waals surface area contributed by atoms with Crippen molar-refractivity contribution in [1.82, 2.24) is 0 Å². The second kappa shape index (κ2) is 38.0. The quantitative estimate of drug-likeness (QED) is 0.0121. The average Bonchev–Trinajstić information content (AvgIpc) is 3.15. The molecule has 9 nitrogen and oxygen atoms in total. The Balaban J connectivity index is 4.55. The summed E-state index contributed by atoms with van der Waals surface area (Å²) in [5.41, 5.74) is 0. The molecule has 0 saturated heterocycles. The van der Waals surface area contributed by atoms with Gasteiger partial charge >= 0.3 is 13.8 Å². The predicted molar refractivity (Wildman–Crippen MR) is 234 cm³/mol. The summed E-state index contributed by atoms with van der Waals surface area (Å²) in [7, 11) is 1.54. The highest BCUT2D eigenvalue weighted by molar-refractivity contribution is 7.47. The molecule has 2 N–H and O–H groups in total. The van der Waals surface area contributed by atoms with Crippen molar-refractivity contribution < 1.29 is 42.4 Å². The van der Waals surface area contributed by atoms with Crippen LogP contribution in [0.5, 0.6) is 0 Å². The first-order valence-electron chi connectivity index (χ1n) is 21.5. The van der Waals surface area contributed by atoms with Crippen molar-refractivity contribution in [3.05, 3.63) is 85.3 Å². The van der Waals surface area contributed by atoms with Gasteiger partial charge in [0, 0.05) is 6.42 Å². The number of quaternary nitrogens is 1. The van der Waals surface area contributed by atoms with Crippen LogP contribution in [0.3, 0.4) is 0 Å². The molecule has 0 radical (unpaired) electrons. The van der Waals surface area contributed by atoms with Gasteiger partial charge < -0.3 is 24.0 Å². The summed E-state index contributed by atoms with van der Waals surface area (Å²) >= 11 is 0. The number of allylic oxidation sites excluding steroid dienone is 12. The van der Waals surface area contributed by atoms with Crippen molar-refractivity contribution in [2.45, 2.75) is 154 Å². The number of hydrogen-bond acceptors (Lipinski definition) is 7. The Labute approximate surface area is 342 Å². The van der Waals surface area contributed by atoms with E-state index in [1.165, 1.54) is 64.2 Å². The van der Waals surface area contributed by atoms with Crippen molar-refractivity contribution in [2.75, 3.05) is 47.5 Å². The molecule has 0 fully saturated rings. The molecular formula is C46H81NO8P+. The van der Waals surface area contributed by atoms with Crippen LogP contribution in [0.2, 0.25) is 0 Å². The zero-order valence-corrected chi connectivity index (χ0v) is 36.8. The molecule has 0 heterocycles. The molecule has 3 atom stereocenters. The highest BCUT2D eigenvalue weighted by Gasteiger charge is 2.25. The molecule has 0 aromatic heterocycles. The average molecular weight is 807 g/mol. The van der Waals surface area contributed by atoms with Crippen LogP contribution in [0.25, 0.3) is 0 Å². The smallest absolute Gasteiger partial charge is 0.472 e. The minimum Gasteiger partial charge on any atom is -0.492 e. The molecule has 0 bridgehead atoms. The van der Waals surface area contributed by atoms with Crippen LogP contribution in [-0.4, -0.2) is 80.2 Å². The van der Waals surface area contributed by atoms with Gasteiger partial charge in [0.1, 0.15) is 19.8 Å². The lowest BCUT2D eigenvalue weighted by Crippen LogP contribution is -2.37. The number of phosphoric acid groups is 1. The fourth-order valence-electron chi connectivity index (χ4n) is 5.23. The molecule has 0 saturated carbocycles. The molecule has 322 valence electrons. The van der Waals surface area contributed by atoms with Gasteiger partial charge in [-0.05, 0) is 57.4 Å². The van der Waals surface area contributed by atoms with Gasteiger partial charge in [-0.1, -0.05) is 157 Å². The van der Waals surface area contributed by atoms with Crippen molar-refractivity contribution in [1.29, 1.82) is 0 Å². The Morgan fingerprint density at radius 3 is 1.77 bits per heavy atom. The Kier molecular flexibility index (Phi) is 36.3. The number of likely N-dealkylation sites (N-methyl/N-ethyl adjacent to an activating group) is 1. The molecule has 10 heteroatoms. The van der Waals surface area contributed by atoms with Crippen LogP contribution in [0.15, 0.2) is 85.3 Å². The summed E-state index contributed by atoms with van der Waals surface area (Å²) in [5.74, 6) is -0.507. The number of carbonyl (C=O) groups is 1. The molecule has 0 aliphatic heterocycles. The first-order chi connectivity index (χ1) is 27.0. The third-order valence-corrected chi connectivity index (χ3v) is 9.66.